The largest absolute Gasteiger partial charge is 0.365 e. The summed E-state index contributed by atoms with van der Waals surface area (Å²) >= 11 is 19.9. The average Bonchev–Trinajstić information content (AvgIpc) is 2.28. The van der Waals surface area contributed by atoms with Crippen LogP contribution in [-0.2, 0) is 0 Å². The van der Waals surface area contributed by atoms with Gasteiger partial charge in [-0.05, 0) is 28.1 Å². The minimum absolute atomic E-state index is 0.0324. The van der Waals surface area contributed by atoms with E-state index in [0.29, 0.717) is 5.02 Å². The van der Waals surface area contributed by atoms with Gasteiger partial charge in [0.15, 0.2) is 0 Å². The van der Waals surface area contributed by atoms with Crippen LogP contribution in [0.15, 0.2) is 35.2 Å². The first-order chi connectivity index (χ1) is 8.91. The van der Waals surface area contributed by atoms with E-state index in [4.69, 9.17) is 40.5 Å². The molecule has 0 unspecified atom stereocenters. The fraction of sp³-hybridized carbons (Fsp3) is 0. The van der Waals surface area contributed by atoms with Gasteiger partial charge in [0.2, 0.25) is 0 Å². The lowest BCUT2D eigenvalue weighted by Gasteiger charge is -1.99. The molecule has 100 valence electrons. The molecule has 19 heavy (non-hydrogen) atoms. The maximum absolute atomic E-state index is 10.7. The Morgan fingerprint density at radius 2 is 1.95 bits per heavy atom. The molecule has 1 amide bonds. The maximum atomic E-state index is 10.7. The fourth-order valence-corrected chi connectivity index (χ4v) is 2.23. The molecule has 0 saturated heterocycles. The normalized spacial score (nSPS) is 9.47. The summed E-state index contributed by atoms with van der Waals surface area (Å²) in [5, 5.41) is 0.905. The highest BCUT2D eigenvalue weighted by Crippen LogP contribution is 2.20. The van der Waals surface area contributed by atoms with Crippen molar-refractivity contribution < 1.29 is 4.79 Å². The van der Waals surface area contributed by atoms with E-state index < -0.39 is 5.91 Å². The molecule has 2 aromatic heterocycles. The quantitative estimate of drug-likeness (QED) is 0.757. The standard InChI is InChI=1S/C6H4Cl2N2O.C5H3BrClN/c7-3-1-2-10-5(8)4(3)6(9)11;6-4-1-5(7)3-8-2-4/h1-2H,(H2,9,11);1-3H. The Morgan fingerprint density at radius 1 is 1.26 bits per heavy atom. The molecule has 0 radical (unpaired) electrons. The second-order valence-corrected chi connectivity index (χ2v) is 5.26. The lowest BCUT2D eigenvalue weighted by Crippen LogP contribution is -2.12. The summed E-state index contributed by atoms with van der Waals surface area (Å²) in [4.78, 5) is 18.1. The van der Waals surface area contributed by atoms with Crippen LogP contribution in [0.1, 0.15) is 10.4 Å². The van der Waals surface area contributed by atoms with Crippen LogP contribution in [0.2, 0.25) is 15.2 Å². The predicted molar refractivity (Wildman–Crippen MR) is 79.7 cm³/mol. The molecule has 4 nitrogen and oxygen atoms in total. The number of carbonyl (C=O) groups excluding carboxylic acids is 1. The van der Waals surface area contributed by atoms with E-state index >= 15 is 0 Å². The van der Waals surface area contributed by atoms with Gasteiger partial charge in [0.05, 0.1) is 15.6 Å². The average molecular weight is 383 g/mol. The molecule has 2 rings (SSSR count). The Kier molecular flexibility index (Phi) is 6.51. The molecule has 8 heteroatoms. The zero-order valence-electron chi connectivity index (χ0n) is 9.28. The highest BCUT2D eigenvalue weighted by atomic mass is 79.9. The van der Waals surface area contributed by atoms with Gasteiger partial charge in [-0.2, -0.15) is 0 Å². The number of nitrogens with two attached hydrogens (primary N) is 1. The summed E-state index contributed by atoms with van der Waals surface area (Å²) in [5.41, 5.74) is 5.03. The highest BCUT2D eigenvalue weighted by Gasteiger charge is 2.11. The van der Waals surface area contributed by atoms with Crippen molar-refractivity contribution >= 4 is 56.6 Å². The topological polar surface area (TPSA) is 68.9 Å². The monoisotopic (exact) mass is 381 g/mol. The molecule has 0 saturated carbocycles. The van der Waals surface area contributed by atoms with Crippen LogP contribution in [0, 0.1) is 0 Å². The number of carbonyl (C=O) groups is 1. The van der Waals surface area contributed by atoms with Crippen LogP contribution in [0.5, 0.6) is 0 Å². The van der Waals surface area contributed by atoms with Crippen LogP contribution >= 0.6 is 50.7 Å². The molecule has 0 fully saturated rings. The third kappa shape index (κ3) is 5.32. The number of nitrogens with zero attached hydrogens (tertiary/aromatic N) is 2. The molecule has 0 bridgehead atoms. The van der Waals surface area contributed by atoms with Gasteiger partial charge >= 0.3 is 0 Å². The van der Waals surface area contributed by atoms with Crippen molar-refractivity contribution in [1.29, 1.82) is 0 Å². The van der Waals surface area contributed by atoms with Gasteiger partial charge in [0, 0.05) is 23.1 Å². The number of halogens is 4. The van der Waals surface area contributed by atoms with Crippen molar-refractivity contribution in [3.8, 4) is 0 Å². The van der Waals surface area contributed by atoms with Crippen molar-refractivity contribution in [3.05, 3.63) is 56.0 Å². The molecule has 0 aliphatic rings. The first-order valence-corrected chi connectivity index (χ1v) is 6.70. The number of amides is 1. The summed E-state index contributed by atoms with van der Waals surface area (Å²) in [6, 6.07) is 3.24. The Morgan fingerprint density at radius 3 is 2.32 bits per heavy atom. The van der Waals surface area contributed by atoms with Gasteiger partial charge in [-0.3, -0.25) is 9.78 Å². The van der Waals surface area contributed by atoms with Crippen molar-refractivity contribution in [3.63, 3.8) is 0 Å². The molecule has 0 atom stereocenters. The van der Waals surface area contributed by atoms with Crippen LogP contribution in [0.25, 0.3) is 0 Å². The lowest BCUT2D eigenvalue weighted by atomic mass is 10.3. The Hall–Kier alpha value is -0.880. The van der Waals surface area contributed by atoms with Crippen molar-refractivity contribution in [1.82, 2.24) is 9.97 Å². The fourth-order valence-electron chi connectivity index (χ4n) is 1.02. The molecule has 0 spiro atoms. The van der Waals surface area contributed by atoms with Gasteiger partial charge in [0.25, 0.3) is 5.91 Å². The zero-order valence-corrected chi connectivity index (χ0v) is 13.1. The first kappa shape index (κ1) is 16.2. The second-order valence-electron chi connectivity index (χ2n) is 3.14. The van der Waals surface area contributed by atoms with Crippen LogP contribution in [0.3, 0.4) is 0 Å². The Balaban J connectivity index is 0.000000200. The molecule has 2 heterocycles. The number of rotatable bonds is 1. The van der Waals surface area contributed by atoms with Gasteiger partial charge in [-0.25, -0.2) is 4.98 Å². The third-order valence-electron chi connectivity index (χ3n) is 1.77. The Bertz CT molecular complexity index is 558. The van der Waals surface area contributed by atoms with Gasteiger partial charge in [-0.15, -0.1) is 0 Å². The lowest BCUT2D eigenvalue weighted by molar-refractivity contribution is 0.100. The van der Waals surface area contributed by atoms with E-state index in [-0.39, 0.29) is 15.7 Å². The summed E-state index contributed by atoms with van der Waals surface area (Å²) in [6.07, 6.45) is 4.68. The summed E-state index contributed by atoms with van der Waals surface area (Å²) < 4.78 is 0.907. The summed E-state index contributed by atoms with van der Waals surface area (Å²) in [7, 11) is 0. The predicted octanol–water partition coefficient (Wildman–Crippen LogP) is 3.98. The molecular weight excluding hydrogens is 376 g/mol. The van der Waals surface area contributed by atoms with E-state index in [1.165, 1.54) is 12.3 Å². The number of hydrogen-bond donors (Lipinski definition) is 1. The second kappa shape index (κ2) is 7.65. The summed E-state index contributed by atoms with van der Waals surface area (Å²) in [5.74, 6) is -0.673. The minimum Gasteiger partial charge on any atom is -0.365 e. The van der Waals surface area contributed by atoms with E-state index in [1.807, 2.05) is 0 Å². The van der Waals surface area contributed by atoms with Crippen LogP contribution in [0.4, 0.5) is 0 Å². The molecule has 0 aromatic carbocycles. The van der Waals surface area contributed by atoms with Crippen LogP contribution < -0.4 is 5.73 Å². The van der Waals surface area contributed by atoms with E-state index in [0.717, 1.165) is 4.47 Å². The third-order valence-corrected chi connectivity index (χ3v) is 3.01. The molecule has 0 aliphatic carbocycles. The maximum Gasteiger partial charge on any atom is 0.253 e. The van der Waals surface area contributed by atoms with Gasteiger partial charge < -0.3 is 5.73 Å². The van der Waals surface area contributed by atoms with Gasteiger partial charge in [-0.1, -0.05) is 34.8 Å². The highest BCUT2D eigenvalue weighted by molar-refractivity contribution is 9.10. The number of pyridine rings is 2. The van der Waals surface area contributed by atoms with E-state index in [9.17, 15) is 4.79 Å². The van der Waals surface area contributed by atoms with Crippen molar-refractivity contribution in [2.24, 2.45) is 5.73 Å². The SMILES string of the molecule is Clc1cncc(Br)c1.NC(=O)c1c(Cl)ccnc1Cl. The molecular formula is C11H7BrCl3N3O. The number of hydrogen-bond acceptors (Lipinski definition) is 3. The van der Waals surface area contributed by atoms with E-state index in [2.05, 4.69) is 25.9 Å². The molecule has 2 N–H and O–H groups in total. The minimum atomic E-state index is -0.673. The molecule has 0 aliphatic heterocycles. The van der Waals surface area contributed by atoms with Crippen molar-refractivity contribution in [2.75, 3.05) is 0 Å². The van der Waals surface area contributed by atoms with E-state index in [1.54, 1.807) is 18.5 Å². The smallest absolute Gasteiger partial charge is 0.253 e. The summed E-state index contributed by atoms with van der Waals surface area (Å²) in [6.45, 7) is 0. The molecule has 2 aromatic rings. The zero-order chi connectivity index (χ0) is 14.4. The number of aromatic nitrogens is 2. The number of primary amides is 1. The first-order valence-electron chi connectivity index (χ1n) is 4.77. The van der Waals surface area contributed by atoms with Gasteiger partial charge in [0.1, 0.15) is 5.15 Å². The van der Waals surface area contributed by atoms with Crippen molar-refractivity contribution in [2.45, 2.75) is 0 Å². The Labute approximate surface area is 133 Å². The van der Waals surface area contributed by atoms with Crippen LogP contribution in [-0.4, -0.2) is 15.9 Å².